The minimum absolute atomic E-state index is 0.340. The molecule has 0 spiro atoms. The van der Waals surface area contributed by atoms with Crippen molar-refractivity contribution >= 4 is 0 Å². The zero-order chi connectivity index (χ0) is 14.8. The Bertz CT molecular complexity index is 312. The molecule has 2 N–H and O–H groups in total. The molecule has 0 aromatic rings. The Kier molecular flexibility index (Phi) is 7.93. The van der Waals surface area contributed by atoms with Crippen molar-refractivity contribution in [3.8, 4) is 0 Å². The third-order valence-corrected chi connectivity index (χ3v) is 4.43. The average Bonchev–Trinajstić information content (AvgIpc) is 2.86. The van der Waals surface area contributed by atoms with Crippen LogP contribution in [0.1, 0.15) is 65.7 Å². The first-order chi connectivity index (χ1) is 9.67. The maximum atomic E-state index is 10.1. The number of hydrogen-bond donors (Lipinski definition) is 2. The molecule has 3 heteroatoms. The van der Waals surface area contributed by atoms with E-state index in [1.54, 1.807) is 0 Å². The molecule has 0 fully saturated rings. The molecule has 1 aliphatic rings. The average molecular weight is 281 g/mol. The van der Waals surface area contributed by atoms with Crippen LogP contribution in [0.4, 0.5) is 0 Å². The van der Waals surface area contributed by atoms with Crippen LogP contribution in [0.5, 0.6) is 0 Å². The van der Waals surface area contributed by atoms with Gasteiger partial charge in [0.25, 0.3) is 0 Å². The van der Waals surface area contributed by atoms with Gasteiger partial charge >= 0.3 is 0 Å². The van der Waals surface area contributed by atoms with Crippen molar-refractivity contribution in [3.05, 3.63) is 24.6 Å². The minimum atomic E-state index is -0.340. The molecule has 3 unspecified atom stereocenters. The summed E-state index contributed by atoms with van der Waals surface area (Å²) in [6, 6.07) is 0. The van der Waals surface area contributed by atoms with Crippen LogP contribution >= 0.6 is 0 Å². The Morgan fingerprint density at radius 3 is 2.60 bits per heavy atom. The standard InChI is InChI=1S/C17H33N2O/c1-4-6-7-8-9-10-11-12-13-17-18-14-15-19(17,5-2)16(3)20/h7-8,14-18,20H,4-6,9-13H2,1-3H3/q+1/b8-7+. The van der Waals surface area contributed by atoms with Gasteiger partial charge in [0.1, 0.15) is 6.20 Å². The molecule has 1 heterocycles. The predicted octanol–water partition coefficient (Wildman–Crippen LogP) is 3.87. The molecule has 0 saturated carbocycles. The molecule has 0 radical (unpaired) electrons. The smallest absolute Gasteiger partial charge is 0.193 e. The highest BCUT2D eigenvalue weighted by Crippen LogP contribution is 2.25. The molecule has 116 valence electrons. The van der Waals surface area contributed by atoms with Crippen molar-refractivity contribution < 1.29 is 9.59 Å². The van der Waals surface area contributed by atoms with Crippen LogP contribution in [0.15, 0.2) is 24.6 Å². The number of hydrogen-bond acceptors (Lipinski definition) is 2. The molecule has 0 aliphatic carbocycles. The highest BCUT2D eigenvalue weighted by atomic mass is 16.3. The first-order valence-corrected chi connectivity index (χ1v) is 8.31. The lowest BCUT2D eigenvalue weighted by molar-refractivity contribution is -0.942. The molecule has 3 atom stereocenters. The number of aliphatic hydroxyl groups is 1. The Balaban J connectivity index is 2.22. The first kappa shape index (κ1) is 17.3. The Morgan fingerprint density at radius 2 is 1.95 bits per heavy atom. The SMILES string of the molecule is CCC/C=C/CCCCCC1NC=C[N+]1(CC)C(C)O. The largest absolute Gasteiger partial charge is 0.345 e. The van der Waals surface area contributed by atoms with Crippen LogP contribution in [0.3, 0.4) is 0 Å². The molecular formula is C17H33N2O+. The summed E-state index contributed by atoms with van der Waals surface area (Å²) in [5.41, 5.74) is 0. The number of unbranched alkanes of at least 4 members (excludes halogenated alkanes) is 4. The number of nitrogens with zero attached hydrogens (tertiary/aromatic N) is 1. The van der Waals surface area contributed by atoms with E-state index in [0.29, 0.717) is 10.6 Å². The number of allylic oxidation sites excluding steroid dienone is 2. The van der Waals surface area contributed by atoms with Crippen LogP contribution in [0.2, 0.25) is 0 Å². The van der Waals surface area contributed by atoms with Crippen molar-refractivity contribution in [3.63, 3.8) is 0 Å². The van der Waals surface area contributed by atoms with E-state index in [1.807, 2.05) is 13.1 Å². The molecule has 20 heavy (non-hydrogen) atoms. The van der Waals surface area contributed by atoms with Crippen LogP contribution < -0.4 is 5.32 Å². The summed E-state index contributed by atoms with van der Waals surface area (Å²) in [5.74, 6) is 0. The summed E-state index contributed by atoms with van der Waals surface area (Å²) in [6.07, 6.45) is 17.3. The van der Waals surface area contributed by atoms with Gasteiger partial charge in [-0.1, -0.05) is 31.9 Å². The quantitative estimate of drug-likeness (QED) is 0.362. The third kappa shape index (κ3) is 4.64. The topological polar surface area (TPSA) is 32.3 Å². The van der Waals surface area contributed by atoms with E-state index in [9.17, 15) is 5.11 Å². The van der Waals surface area contributed by atoms with E-state index < -0.39 is 0 Å². The summed E-state index contributed by atoms with van der Waals surface area (Å²) >= 11 is 0. The van der Waals surface area contributed by atoms with Gasteiger partial charge in [0.15, 0.2) is 12.4 Å². The fraction of sp³-hybridized carbons (Fsp3) is 0.765. The second kappa shape index (κ2) is 9.19. The van der Waals surface area contributed by atoms with E-state index in [4.69, 9.17) is 0 Å². The number of nitrogens with one attached hydrogen (secondary N) is 1. The van der Waals surface area contributed by atoms with Gasteiger partial charge < -0.3 is 10.4 Å². The lowest BCUT2D eigenvalue weighted by atomic mass is 10.1. The lowest BCUT2D eigenvalue weighted by Gasteiger charge is -2.39. The summed E-state index contributed by atoms with van der Waals surface area (Å²) in [6.45, 7) is 7.20. The second-order valence-electron chi connectivity index (χ2n) is 5.84. The van der Waals surface area contributed by atoms with Gasteiger partial charge in [-0.25, -0.2) is 0 Å². The molecule has 0 aromatic carbocycles. The van der Waals surface area contributed by atoms with Crippen molar-refractivity contribution in [2.45, 2.75) is 78.1 Å². The maximum Gasteiger partial charge on any atom is 0.193 e. The van der Waals surface area contributed by atoms with Gasteiger partial charge in [-0.05, 0) is 32.6 Å². The second-order valence-corrected chi connectivity index (χ2v) is 5.84. The first-order valence-electron chi connectivity index (χ1n) is 8.31. The summed E-state index contributed by atoms with van der Waals surface area (Å²) in [5, 5.41) is 13.5. The monoisotopic (exact) mass is 281 g/mol. The predicted molar refractivity (Wildman–Crippen MR) is 85.7 cm³/mol. The summed E-state index contributed by atoms with van der Waals surface area (Å²) in [4.78, 5) is 0. The van der Waals surface area contributed by atoms with Gasteiger partial charge in [-0.2, -0.15) is 0 Å². The number of rotatable bonds is 10. The molecule has 3 nitrogen and oxygen atoms in total. The highest BCUT2D eigenvalue weighted by Gasteiger charge is 2.40. The number of aliphatic hydroxyl groups excluding tert-OH is 1. The zero-order valence-electron chi connectivity index (χ0n) is 13.5. The molecule has 0 saturated heterocycles. The van der Waals surface area contributed by atoms with E-state index >= 15 is 0 Å². The molecule has 0 bridgehead atoms. The normalized spacial score (nSPS) is 27.1. The van der Waals surface area contributed by atoms with E-state index in [2.05, 4.69) is 37.5 Å². The Hall–Kier alpha value is -0.800. The van der Waals surface area contributed by atoms with E-state index in [0.717, 1.165) is 13.0 Å². The van der Waals surface area contributed by atoms with Crippen LogP contribution in [0, 0.1) is 0 Å². The van der Waals surface area contributed by atoms with E-state index in [1.165, 1.54) is 38.5 Å². The molecular weight excluding hydrogens is 248 g/mol. The van der Waals surface area contributed by atoms with Crippen molar-refractivity contribution in [1.29, 1.82) is 0 Å². The zero-order valence-corrected chi connectivity index (χ0v) is 13.5. The highest BCUT2D eigenvalue weighted by molar-refractivity contribution is 4.85. The third-order valence-electron chi connectivity index (χ3n) is 4.43. The molecule has 1 aliphatic heterocycles. The van der Waals surface area contributed by atoms with Crippen LogP contribution in [-0.2, 0) is 0 Å². The number of quaternary nitrogens is 1. The molecule has 1 rings (SSSR count). The van der Waals surface area contributed by atoms with Crippen LogP contribution in [0.25, 0.3) is 0 Å². The Morgan fingerprint density at radius 1 is 1.20 bits per heavy atom. The fourth-order valence-corrected chi connectivity index (χ4v) is 3.01. The van der Waals surface area contributed by atoms with Crippen molar-refractivity contribution in [2.75, 3.05) is 6.54 Å². The summed E-state index contributed by atoms with van der Waals surface area (Å²) < 4.78 is 0.663. The maximum absolute atomic E-state index is 10.1. The van der Waals surface area contributed by atoms with Crippen molar-refractivity contribution in [2.24, 2.45) is 0 Å². The minimum Gasteiger partial charge on any atom is -0.345 e. The Labute approximate surface area is 125 Å². The van der Waals surface area contributed by atoms with Gasteiger partial charge in [0, 0.05) is 13.3 Å². The molecule has 0 amide bonds. The molecule has 0 aromatic heterocycles. The van der Waals surface area contributed by atoms with Gasteiger partial charge in [0.05, 0.1) is 12.7 Å². The van der Waals surface area contributed by atoms with Gasteiger partial charge in [0.2, 0.25) is 0 Å². The van der Waals surface area contributed by atoms with Crippen LogP contribution in [-0.4, -0.2) is 28.5 Å². The fourth-order valence-electron chi connectivity index (χ4n) is 3.01. The van der Waals surface area contributed by atoms with Gasteiger partial charge in [-0.15, -0.1) is 0 Å². The van der Waals surface area contributed by atoms with E-state index in [-0.39, 0.29) is 6.23 Å². The lowest BCUT2D eigenvalue weighted by Crippen LogP contribution is -2.57. The summed E-state index contributed by atoms with van der Waals surface area (Å²) in [7, 11) is 0. The van der Waals surface area contributed by atoms with Crippen molar-refractivity contribution in [1.82, 2.24) is 5.32 Å². The van der Waals surface area contributed by atoms with Gasteiger partial charge in [-0.3, -0.25) is 4.48 Å².